The van der Waals surface area contributed by atoms with Crippen molar-refractivity contribution in [3.63, 3.8) is 0 Å². The van der Waals surface area contributed by atoms with E-state index in [4.69, 9.17) is 5.73 Å². The van der Waals surface area contributed by atoms with Crippen LogP contribution in [0.2, 0.25) is 0 Å². The lowest BCUT2D eigenvalue weighted by Gasteiger charge is -2.27. The molecule has 2 aromatic rings. The van der Waals surface area contributed by atoms with Crippen molar-refractivity contribution in [1.29, 1.82) is 0 Å². The van der Waals surface area contributed by atoms with E-state index in [0.717, 1.165) is 19.5 Å². The van der Waals surface area contributed by atoms with Gasteiger partial charge in [-0.2, -0.15) is 0 Å². The van der Waals surface area contributed by atoms with Crippen LogP contribution in [0.3, 0.4) is 0 Å². The molecule has 18 heavy (non-hydrogen) atoms. The average molecular weight is 242 g/mol. The SMILES string of the molecule is CC[C@H](N)CN(CC)c1cccc2ccccc12. The Morgan fingerprint density at radius 3 is 2.50 bits per heavy atom. The second-order valence-corrected chi connectivity index (χ2v) is 4.71. The van der Waals surface area contributed by atoms with E-state index < -0.39 is 0 Å². The summed E-state index contributed by atoms with van der Waals surface area (Å²) in [6.07, 6.45) is 1.02. The molecular weight excluding hydrogens is 220 g/mol. The molecule has 0 heterocycles. The standard InChI is InChI=1S/C16H22N2/c1-3-14(17)12-18(4-2)16-11-7-9-13-8-5-6-10-15(13)16/h5-11,14H,3-4,12,17H2,1-2H3/t14-/m0/s1. The van der Waals surface area contributed by atoms with E-state index >= 15 is 0 Å². The number of hydrogen-bond donors (Lipinski definition) is 1. The van der Waals surface area contributed by atoms with Crippen LogP contribution >= 0.6 is 0 Å². The summed E-state index contributed by atoms with van der Waals surface area (Å²) in [4.78, 5) is 2.37. The van der Waals surface area contributed by atoms with Crippen LogP contribution in [-0.4, -0.2) is 19.1 Å². The van der Waals surface area contributed by atoms with E-state index in [-0.39, 0.29) is 6.04 Å². The van der Waals surface area contributed by atoms with Crippen LogP contribution in [0.15, 0.2) is 42.5 Å². The van der Waals surface area contributed by atoms with Crippen molar-refractivity contribution >= 4 is 16.5 Å². The van der Waals surface area contributed by atoms with E-state index in [9.17, 15) is 0 Å². The summed E-state index contributed by atoms with van der Waals surface area (Å²) in [5.74, 6) is 0. The van der Waals surface area contributed by atoms with Crippen LogP contribution in [0.4, 0.5) is 5.69 Å². The van der Waals surface area contributed by atoms with Crippen molar-refractivity contribution in [1.82, 2.24) is 0 Å². The number of benzene rings is 2. The molecule has 0 aliphatic heterocycles. The van der Waals surface area contributed by atoms with Crippen LogP contribution in [0.25, 0.3) is 10.8 Å². The lowest BCUT2D eigenvalue weighted by atomic mass is 10.1. The second kappa shape index (κ2) is 5.87. The molecule has 2 heteroatoms. The second-order valence-electron chi connectivity index (χ2n) is 4.71. The molecule has 0 spiro atoms. The maximum Gasteiger partial charge on any atom is 0.0446 e. The fourth-order valence-corrected chi connectivity index (χ4v) is 2.29. The third-order valence-corrected chi connectivity index (χ3v) is 3.47. The maximum atomic E-state index is 6.09. The molecule has 0 aliphatic carbocycles. The van der Waals surface area contributed by atoms with Crippen LogP contribution in [0, 0.1) is 0 Å². The predicted molar refractivity (Wildman–Crippen MR) is 80.1 cm³/mol. The molecule has 0 unspecified atom stereocenters. The van der Waals surface area contributed by atoms with Crippen molar-refractivity contribution in [2.75, 3.05) is 18.0 Å². The number of hydrogen-bond acceptors (Lipinski definition) is 2. The molecule has 2 nitrogen and oxygen atoms in total. The van der Waals surface area contributed by atoms with Crippen LogP contribution in [-0.2, 0) is 0 Å². The van der Waals surface area contributed by atoms with Gasteiger partial charge in [-0.25, -0.2) is 0 Å². The van der Waals surface area contributed by atoms with Crippen LogP contribution < -0.4 is 10.6 Å². The molecule has 0 bridgehead atoms. The van der Waals surface area contributed by atoms with E-state index in [1.54, 1.807) is 0 Å². The van der Waals surface area contributed by atoms with Gasteiger partial charge < -0.3 is 10.6 Å². The normalized spacial score (nSPS) is 12.6. The van der Waals surface area contributed by atoms with E-state index in [0.29, 0.717) is 0 Å². The zero-order chi connectivity index (χ0) is 13.0. The zero-order valence-corrected chi connectivity index (χ0v) is 11.3. The van der Waals surface area contributed by atoms with Gasteiger partial charge in [0.15, 0.2) is 0 Å². The molecule has 0 amide bonds. The Labute approximate surface area is 109 Å². The minimum absolute atomic E-state index is 0.240. The molecule has 2 N–H and O–H groups in total. The summed E-state index contributed by atoms with van der Waals surface area (Å²) in [5.41, 5.74) is 7.38. The Balaban J connectivity index is 2.38. The minimum Gasteiger partial charge on any atom is -0.370 e. The molecule has 0 saturated carbocycles. The molecule has 0 fully saturated rings. The summed E-state index contributed by atoms with van der Waals surface area (Å²) in [6, 6.07) is 15.2. The highest BCUT2D eigenvalue weighted by molar-refractivity contribution is 5.94. The molecule has 96 valence electrons. The molecule has 0 radical (unpaired) electrons. The van der Waals surface area contributed by atoms with E-state index in [1.807, 2.05) is 0 Å². The first-order valence-corrected chi connectivity index (χ1v) is 6.74. The van der Waals surface area contributed by atoms with Crippen molar-refractivity contribution in [3.05, 3.63) is 42.5 Å². The predicted octanol–water partition coefficient (Wildman–Crippen LogP) is 3.40. The molecule has 0 aromatic heterocycles. The quantitative estimate of drug-likeness (QED) is 0.870. The third-order valence-electron chi connectivity index (χ3n) is 3.47. The Morgan fingerprint density at radius 1 is 1.06 bits per heavy atom. The van der Waals surface area contributed by atoms with Crippen molar-refractivity contribution in [3.8, 4) is 0 Å². The monoisotopic (exact) mass is 242 g/mol. The van der Waals surface area contributed by atoms with Gasteiger partial charge in [0.05, 0.1) is 0 Å². The Bertz CT molecular complexity index is 502. The summed E-state index contributed by atoms with van der Waals surface area (Å²) in [6.45, 7) is 6.23. The van der Waals surface area contributed by atoms with Crippen LogP contribution in [0.5, 0.6) is 0 Å². The van der Waals surface area contributed by atoms with Gasteiger partial charge in [0.1, 0.15) is 0 Å². The highest BCUT2D eigenvalue weighted by Gasteiger charge is 2.10. The fraction of sp³-hybridized carbons (Fsp3) is 0.375. The highest BCUT2D eigenvalue weighted by Crippen LogP contribution is 2.26. The number of fused-ring (bicyclic) bond motifs is 1. The third kappa shape index (κ3) is 2.65. The molecule has 1 atom stereocenters. The highest BCUT2D eigenvalue weighted by atomic mass is 15.1. The van der Waals surface area contributed by atoms with E-state index in [2.05, 4.69) is 61.2 Å². The average Bonchev–Trinajstić information content (AvgIpc) is 2.44. The molecule has 2 aromatic carbocycles. The summed E-state index contributed by atoms with van der Waals surface area (Å²) < 4.78 is 0. The van der Waals surface area contributed by atoms with Gasteiger partial charge >= 0.3 is 0 Å². The number of likely N-dealkylation sites (N-methyl/N-ethyl adjacent to an activating group) is 1. The zero-order valence-electron chi connectivity index (χ0n) is 11.3. The largest absolute Gasteiger partial charge is 0.370 e. The van der Waals surface area contributed by atoms with Crippen LogP contribution in [0.1, 0.15) is 20.3 Å². The first kappa shape index (κ1) is 12.9. The van der Waals surface area contributed by atoms with Gasteiger partial charge in [-0.05, 0) is 24.8 Å². The summed E-state index contributed by atoms with van der Waals surface area (Å²) >= 11 is 0. The Kier molecular flexibility index (Phi) is 4.21. The van der Waals surface area contributed by atoms with E-state index in [1.165, 1.54) is 16.5 Å². The van der Waals surface area contributed by atoms with Crippen molar-refractivity contribution in [2.45, 2.75) is 26.3 Å². The lowest BCUT2D eigenvalue weighted by Crippen LogP contribution is -2.37. The fourth-order valence-electron chi connectivity index (χ4n) is 2.29. The Hall–Kier alpha value is -1.54. The first-order valence-electron chi connectivity index (χ1n) is 6.74. The van der Waals surface area contributed by atoms with Gasteiger partial charge in [0.2, 0.25) is 0 Å². The lowest BCUT2D eigenvalue weighted by molar-refractivity contribution is 0.623. The molecule has 2 rings (SSSR count). The summed E-state index contributed by atoms with van der Waals surface area (Å²) in [5, 5.41) is 2.60. The van der Waals surface area contributed by atoms with Gasteiger partial charge in [0, 0.05) is 30.2 Å². The molecule has 0 aliphatic rings. The molecule has 0 saturated heterocycles. The topological polar surface area (TPSA) is 29.3 Å². The van der Waals surface area contributed by atoms with Gasteiger partial charge in [0.25, 0.3) is 0 Å². The van der Waals surface area contributed by atoms with Gasteiger partial charge in [-0.15, -0.1) is 0 Å². The smallest absolute Gasteiger partial charge is 0.0446 e. The number of nitrogens with zero attached hydrogens (tertiary/aromatic N) is 1. The maximum absolute atomic E-state index is 6.09. The summed E-state index contributed by atoms with van der Waals surface area (Å²) in [7, 11) is 0. The van der Waals surface area contributed by atoms with Crippen molar-refractivity contribution < 1.29 is 0 Å². The van der Waals surface area contributed by atoms with Gasteiger partial charge in [-0.1, -0.05) is 43.3 Å². The minimum atomic E-state index is 0.240. The molecular formula is C16H22N2. The van der Waals surface area contributed by atoms with Gasteiger partial charge in [-0.3, -0.25) is 0 Å². The Morgan fingerprint density at radius 2 is 1.78 bits per heavy atom. The number of anilines is 1. The number of nitrogens with two attached hydrogens (primary N) is 1. The first-order chi connectivity index (χ1) is 8.76. The van der Waals surface area contributed by atoms with Crippen molar-refractivity contribution in [2.24, 2.45) is 5.73 Å². The number of rotatable bonds is 5.